The molecule has 0 amide bonds. The summed E-state index contributed by atoms with van der Waals surface area (Å²) in [5, 5.41) is 10.8. The van der Waals surface area contributed by atoms with Crippen molar-refractivity contribution in [2.75, 3.05) is 13.7 Å². The number of carbonyl (C=O) groups is 2. The van der Waals surface area contributed by atoms with Gasteiger partial charge in [0.1, 0.15) is 11.7 Å². The first-order chi connectivity index (χ1) is 8.97. The molecule has 2 unspecified atom stereocenters. The minimum Gasteiger partial charge on any atom is -0.468 e. The van der Waals surface area contributed by atoms with Gasteiger partial charge in [0.2, 0.25) is 6.54 Å². The SMILES string of the molecule is COC(=O)C(C(C)=O)C(C[N+](=O)[O-])c1ccccc1. The zero-order valence-corrected chi connectivity index (χ0v) is 10.7. The summed E-state index contributed by atoms with van der Waals surface area (Å²) >= 11 is 0. The second-order valence-corrected chi connectivity index (χ2v) is 4.14. The first kappa shape index (κ1) is 14.8. The van der Waals surface area contributed by atoms with E-state index in [2.05, 4.69) is 4.74 Å². The summed E-state index contributed by atoms with van der Waals surface area (Å²) < 4.78 is 4.58. The zero-order valence-electron chi connectivity index (χ0n) is 10.7. The van der Waals surface area contributed by atoms with Crippen LogP contribution in [-0.2, 0) is 14.3 Å². The standard InChI is InChI=1S/C13H15NO5/c1-9(15)12(13(16)19-2)11(8-14(17)18)10-6-4-3-5-7-10/h3-7,11-12H,8H2,1-2H3. The fourth-order valence-electron chi connectivity index (χ4n) is 2.00. The van der Waals surface area contributed by atoms with Crippen molar-refractivity contribution in [3.8, 4) is 0 Å². The summed E-state index contributed by atoms with van der Waals surface area (Å²) in [5.74, 6) is -3.16. The normalized spacial score (nSPS) is 13.4. The lowest BCUT2D eigenvalue weighted by atomic mass is 9.83. The topological polar surface area (TPSA) is 86.5 Å². The molecule has 0 radical (unpaired) electrons. The van der Waals surface area contributed by atoms with Gasteiger partial charge in [-0.15, -0.1) is 0 Å². The molecule has 0 aliphatic carbocycles. The number of carbonyl (C=O) groups excluding carboxylic acids is 2. The van der Waals surface area contributed by atoms with Crippen LogP contribution >= 0.6 is 0 Å². The van der Waals surface area contributed by atoms with Gasteiger partial charge in [-0.2, -0.15) is 0 Å². The Morgan fingerprint density at radius 2 is 1.89 bits per heavy atom. The molecular weight excluding hydrogens is 250 g/mol. The predicted molar refractivity (Wildman–Crippen MR) is 67.2 cm³/mol. The lowest BCUT2D eigenvalue weighted by Gasteiger charge is -2.20. The Bertz CT molecular complexity index is 471. The van der Waals surface area contributed by atoms with Crippen LogP contribution in [0.25, 0.3) is 0 Å². The van der Waals surface area contributed by atoms with E-state index in [9.17, 15) is 19.7 Å². The van der Waals surface area contributed by atoms with Gasteiger partial charge in [0, 0.05) is 4.92 Å². The van der Waals surface area contributed by atoms with E-state index in [1.165, 1.54) is 6.92 Å². The van der Waals surface area contributed by atoms with E-state index >= 15 is 0 Å². The number of benzene rings is 1. The maximum absolute atomic E-state index is 11.7. The molecule has 0 saturated heterocycles. The highest BCUT2D eigenvalue weighted by Gasteiger charge is 2.37. The molecule has 0 heterocycles. The highest BCUT2D eigenvalue weighted by molar-refractivity contribution is 5.98. The lowest BCUT2D eigenvalue weighted by molar-refractivity contribution is -0.484. The number of rotatable bonds is 6. The molecule has 102 valence electrons. The van der Waals surface area contributed by atoms with Gasteiger partial charge in [0.15, 0.2) is 0 Å². The Labute approximate surface area is 110 Å². The minimum absolute atomic E-state index is 0.442. The molecule has 0 aromatic heterocycles. The summed E-state index contributed by atoms with van der Waals surface area (Å²) in [6, 6.07) is 8.49. The van der Waals surface area contributed by atoms with Crippen molar-refractivity contribution >= 4 is 11.8 Å². The molecule has 0 N–H and O–H groups in total. The number of Topliss-reactive ketones (excluding diaryl/α,β-unsaturated/α-hetero) is 1. The van der Waals surface area contributed by atoms with Crippen LogP contribution in [0.3, 0.4) is 0 Å². The molecule has 0 fully saturated rings. The Hall–Kier alpha value is -2.24. The molecule has 0 aliphatic rings. The van der Waals surface area contributed by atoms with E-state index in [4.69, 9.17) is 0 Å². The monoisotopic (exact) mass is 265 g/mol. The van der Waals surface area contributed by atoms with Gasteiger partial charge in [0.05, 0.1) is 13.0 Å². The van der Waals surface area contributed by atoms with Crippen molar-refractivity contribution in [3.05, 3.63) is 46.0 Å². The molecule has 6 heteroatoms. The molecule has 1 rings (SSSR count). The first-order valence-electron chi connectivity index (χ1n) is 5.72. The average molecular weight is 265 g/mol. The van der Waals surface area contributed by atoms with Crippen LogP contribution in [0.4, 0.5) is 0 Å². The van der Waals surface area contributed by atoms with E-state index in [-0.39, 0.29) is 0 Å². The largest absolute Gasteiger partial charge is 0.468 e. The maximum atomic E-state index is 11.7. The molecule has 1 aromatic carbocycles. The van der Waals surface area contributed by atoms with E-state index < -0.39 is 35.1 Å². The number of nitro groups is 1. The number of ether oxygens (including phenoxy) is 1. The third kappa shape index (κ3) is 3.87. The zero-order chi connectivity index (χ0) is 14.4. The maximum Gasteiger partial charge on any atom is 0.317 e. The summed E-state index contributed by atoms with van der Waals surface area (Å²) in [7, 11) is 1.16. The molecule has 6 nitrogen and oxygen atoms in total. The van der Waals surface area contributed by atoms with Crippen LogP contribution < -0.4 is 0 Å². The van der Waals surface area contributed by atoms with Crippen LogP contribution in [0.15, 0.2) is 30.3 Å². The molecule has 0 spiro atoms. The number of hydrogen-bond acceptors (Lipinski definition) is 5. The van der Waals surface area contributed by atoms with Crippen molar-refractivity contribution in [1.82, 2.24) is 0 Å². The van der Waals surface area contributed by atoms with Gasteiger partial charge < -0.3 is 4.74 Å². The third-order valence-corrected chi connectivity index (χ3v) is 2.87. The molecule has 2 atom stereocenters. The van der Waals surface area contributed by atoms with Crippen LogP contribution in [0, 0.1) is 16.0 Å². The molecule has 19 heavy (non-hydrogen) atoms. The quantitative estimate of drug-likeness (QED) is 0.336. The third-order valence-electron chi connectivity index (χ3n) is 2.87. The van der Waals surface area contributed by atoms with Gasteiger partial charge in [-0.1, -0.05) is 30.3 Å². The van der Waals surface area contributed by atoms with Crippen molar-refractivity contribution < 1.29 is 19.2 Å². The molecular formula is C13H15NO5. The highest BCUT2D eigenvalue weighted by Crippen LogP contribution is 2.27. The van der Waals surface area contributed by atoms with E-state index in [0.29, 0.717) is 5.56 Å². The van der Waals surface area contributed by atoms with Gasteiger partial charge >= 0.3 is 5.97 Å². The van der Waals surface area contributed by atoms with Gasteiger partial charge in [-0.05, 0) is 12.5 Å². The Morgan fingerprint density at radius 1 is 1.32 bits per heavy atom. The van der Waals surface area contributed by atoms with Gasteiger partial charge in [-0.25, -0.2) is 0 Å². The van der Waals surface area contributed by atoms with Crippen molar-refractivity contribution in [2.45, 2.75) is 12.8 Å². The van der Waals surface area contributed by atoms with Crippen molar-refractivity contribution in [3.63, 3.8) is 0 Å². The minimum atomic E-state index is -1.15. The van der Waals surface area contributed by atoms with E-state index in [1.807, 2.05) is 0 Å². The van der Waals surface area contributed by atoms with E-state index in [0.717, 1.165) is 7.11 Å². The number of esters is 1. The second-order valence-electron chi connectivity index (χ2n) is 4.14. The smallest absolute Gasteiger partial charge is 0.317 e. The number of methoxy groups -OCH3 is 1. The fraction of sp³-hybridized carbons (Fsp3) is 0.385. The number of nitrogens with zero attached hydrogens (tertiary/aromatic N) is 1. The van der Waals surface area contributed by atoms with Crippen LogP contribution in [0.1, 0.15) is 18.4 Å². The molecule has 0 saturated carbocycles. The van der Waals surface area contributed by atoms with Crippen molar-refractivity contribution in [2.24, 2.45) is 5.92 Å². The summed E-state index contributed by atoms with van der Waals surface area (Å²) in [5.41, 5.74) is 0.574. The summed E-state index contributed by atoms with van der Waals surface area (Å²) in [6.45, 7) is 0.737. The van der Waals surface area contributed by atoms with Crippen LogP contribution in [-0.4, -0.2) is 30.3 Å². The fourth-order valence-corrected chi connectivity index (χ4v) is 2.00. The summed E-state index contributed by atoms with van der Waals surface area (Å²) in [6.07, 6.45) is 0. The lowest BCUT2D eigenvalue weighted by Crippen LogP contribution is -2.33. The second kappa shape index (κ2) is 6.63. The average Bonchev–Trinajstić information content (AvgIpc) is 2.37. The predicted octanol–water partition coefficient (Wildman–Crippen LogP) is 1.43. The first-order valence-corrected chi connectivity index (χ1v) is 5.72. The van der Waals surface area contributed by atoms with Gasteiger partial charge in [0.25, 0.3) is 0 Å². The Morgan fingerprint density at radius 3 is 2.32 bits per heavy atom. The number of ketones is 1. The Balaban J connectivity index is 3.17. The molecule has 1 aromatic rings. The van der Waals surface area contributed by atoms with Crippen molar-refractivity contribution in [1.29, 1.82) is 0 Å². The van der Waals surface area contributed by atoms with E-state index in [1.54, 1.807) is 30.3 Å². The Kier molecular flexibility index (Phi) is 5.17. The summed E-state index contributed by atoms with van der Waals surface area (Å²) in [4.78, 5) is 33.5. The van der Waals surface area contributed by atoms with Crippen LogP contribution in [0.5, 0.6) is 0 Å². The highest BCUT2D eigenvalue weighted by atomic mass is 16.6. The molecule has 0 aliphatic heterocycles. The van der Waals surface area contributed by atoms with Crippen LogP contribution in [0.2, 0.25) is 0 Å². The molecule has 0 bridgehead atoms. The number of hydrogen-bond donors (Lipinski definition) is 0. The van der Waals surface area contributed by atoms with Gasteiger partial charge in [-0.3, -0.25) is 19.7 Å².